The lowest BCUT2D eigenvalue weighted by molar-refractivity contribution is -0.133. The van der Waals surface area contributed by atoms with E-state index in [-0.39, 0.29) is 24.2 Å². The number of carbonyl (C=O) groups excluding carboxylic acids is 3. The number of alkyl carbamates (subject to hydrolysis) is 1. The molecule has 4 N–H and O–H groups in total. The van der Waals surface area contributed by atoms with E-state index < -0.39 is 35.8 Å². The van der Waals surface area contributed by atoms with Crippen molar-refractivity contribution < 1.29 is 24.2 Å². The predicted molar refractivity (Wildman–Crippen MR) is 171 cm³/mol. The van der Waals surface area contributed by atoms with Crippen molar-refractivity contribution in [3.63, 3.8) is 0 Å². The number of benzene rings is 2. The fraction of sp³-hybridized carbons (Fsp3) is 0.559. The van der Waals surface area contributed by atoms with Crippen LogP contribution in [0.1, 0.15) is 58.6 Å². The first-order valence-corrected chi connectivity index (χ1v) is 15.3. The minimum absolute atomic E-state index is 0.0729. The van der Waals surface area contributed by atoms with E-state index in [0.717, 1.165) is 11.1 Å². The molecule has 0 saturated carbocycles. The third-order valence-electron chi connectivity index (χ3n) is 7.34. The number of aliphatic hydroxyl groups is 1. The fourth-order valence-electron chi connectivity index (χ4n) is 4.73. The zero-order chi connectivity index (χ0) is 32.0. The molecule has 0 aliphatic rings. The van der Waals surface area contributed by atoms with Gasteiger partial charge in [-0.3, -0.25) is 9.59 Å². The van der Waals surface area contributed by atoms with E-state index in [1.54, 1.807) is 20.8 Å². The maximum absolute atomic E-state index is 13.9. The van der Waals surface area contributed by atoms with Gasteiger partial charge >= 0.3 is 6.09 Å². The Morgan fingerprint density at radius 3 is 1.95 bits per heavy atom. The Labute approximate surface area is 257 Å². The average Bonchev–Trinajstić information content (AvgIpc) is 2.94. The van der Waals surface area contributed by atoms with Crippen molar-refractivity contribution in [1.82, 2.24) is 20.9 Å². The summed E-state index contributed by atoms with van der Waals surface area (Å²) < 4.78 is 5.48. The molecule has 0 saturated heterocycles. The smallest absolute Gasteiger partial charge is 0.407 e. The monoisotopic (exact) mass is 596 g/mol. The van der Waals surface area contributed by atoms with Crippen molar-refractivity contribution in [3.05, 3.63) is 71.8 Å². The average molecular weight is 597 g/mol. The Balaban J connectivity index is 2.30. The van der Waals surface area contributed by atoms with Crippen molar-refractivity contribution >= 4 is 17.9 Å². The molecule has 0 bridgehead atoms. The number of aliphatic hydroxyl groups excluding tert-OH is 1. The number of hydrogen-bond donors (Lipinski definition) is 4. The predicted octanol–water partition coefficient (Wildman–Crippen LogP) is 3.94. The third kappa shape index (κ3) is 13.6. The van der Waals surface area contributed by atoms with Crippen molar-refractivity contribution in [3.8, 4) is 0 Å². The van der Waals surface area contributed by atoms with Gasteiger partial charge in [0.1, 0.15) is 11.6 Å². The molecule has 0 aromatic heterocycles. The van der Waals surface area contributed by atoms with Crippen LogP contribution in [-0.2, 0) is 27.2 Å². The quantitative estimate of drug-likeness (QED) is 0.233. The third-order valence-corrected chi connectivity index (χ3v) is 7.34. The molecule has 0 fully saturated rings. The Morgan fingerprint density at radius 2 is 1.44 bits per heavy atom. The normalized spacial score (nSPS) is 15.1. The summed E-state index contributed by atoms with van der Waals surface area (Å²) in [7, 11) is 3.87. The summed E-state index contributed by atoms with van der Waals surface area (Å²) in [6.45, 7) is 10.4. The van der Waals surface area contributed by atoms with Crippen LogP contribution >= 0.6 is 0 Å². The van der Waals surface area contributed by atoms with E-state index >= 15 is 0 Å². The van der Waals surface area contributed by atoms with Crippen LogP contribution < -0.4 is 16.0 Å². The molecule has 0 spiro atoms. The first-order valence-electron chi connectivity index (χ1n) is 15.3. The van der Waals surface area contributed by atoms with Crippen LogP contribution in [0.5, 0.6) is 0 Å². The second-order valence-corrected chi connectivity index (χ2v) is 12.6. The molecular formula is C34H52N4O5. The number of carbonyl (C=O) groups is 3. The van der Waals surface area contributed by atoms with E-state index in [1.165, 1.54) is 0 Å². The second-order valence-electron chi connectivity index (χ2n) is 12.6. The van der Waals surface area contributed by atoms with E-state index in [9.17, 15) is 19.5 Å². The molecule has 0 unspecified atom stereocenters. The summed E-state index contributed by atoms with van der Waals surface area (Å²) >= 11 is 0. The molecule has 43 heavy (non-hydrogen) atoms. The van der Waals surface area contributed by atoms with Crippen molar-refractivity contribution in [2.75, 3.05) is 27.2 Å². The van der Waals surface area contributed by atoms with Gasteiger partial charge in [0, 0.05) is 19.0 Å². The van der Waals surface area contributed by atoms with E-state index in [0.29, 0.717) is 32.4 Å². The Hall–Kier alpha value is -3.43. The summed E-state index contributed by atoms with van der Waals surface area (Å²) in [5.41, 5.74) is 1.16. The van der Waals surface area contributed by atoms with Gasteiger partial charge in [0.15, 0.2) is 0 Å². The molecule has 9 nitrogen and oxygen atoms in total. The fourth-order valence-corrected chi connectivity index (χ4v) is 4.73. The minimum atomic E-state index is -1.07. The highest BCUT2D eigenvalue weighted by molar-refractivity contribution is 5.88. The molecule has 0 aliphatic carbocycles. The molecule has 2 rings (SSSR count). The zero-order valence-corrected chi connectivity index (χ0v) is 26.9. The minimum Gasteiger partial charge on any atom is -0.444 e. The topological polar surface area (TPSA) is 120 Å². The summed E-state index contributed by atoms with van der Waals surface area (Å²) in [4.78, 5) is 41.8. The molecule has 2 aromatic rings. The lowest BCUT2D eigenvalue weighted by Crippen LogP contribution is -2.53. The largest absolute Gasteiger partial charge is 0.444 e. The molecule has 3 amide bonds. The van der Waals surface area contributed by atoms with Gasteiger partial charge in [0.2, 0.25) is 11.8 Å². The van der Waals surface area contributed by atoms with Crippen LogP contribution in [0.3, 0.4) is 0 Å². The number of rotatable bonds is 16. The Morgan fingerprint density at radius 1 is 0.884 bits per heavy atom. The van der Waals surface area contributed by atoms with Crippen LogP contribution in [0.2, 0.25) is 0 Å². The van der Waals surface area contributed by atoms with Gasteiger partial charge in [-0.2, -0.15) is 0 Å². The first-order chi connectivity index (χ1) is 20.3. The lowest BCUT2D eigenvalue weighted by atomic mass is 9.88. The molecule has 0 radical (unpaired) electrons. The number of amides is 3. The van der Waals surface area contributed by atoms with E-state index in [1.807, 2.05) is 93.5 Å². The van der Waals surface area contributed by atoms with E-state index in [2.05, 4.69) is 16.0 Å². The van der Waals surface area contributed by atoms with Gasteiger partial charge in [0.05, 0.1) is 12.1 Å². The van der Waals surface area contributed by atoms with Crippen LogP contribution in [0, 0.1) is 11.8 Å². The summed E-state index contributed by atoms with van der Waals surface area (Å²) in [6.07, 6.45) is -0.208. The van der Waals surface area contributed by atoms with Crippen LogP contribution in [0.4, 0.5) is 4.79 Å². The maximum atomic E-state index is 13.9. The summed E-state index contributed by atoms with van der Waals surface area (Å²) in [6, 6.07) is 17.7. The van der Waals surface area contributed by atoms with Gasteiger partial charge < -0.3 is 30.7 Å². The number of nitrogens with zero attached hydrogens (tertiary/aromatic N) is 1. The van der Waals surface area contributed by atoms with Crippen LogP contribution in [-0.4, -0.2) is 78.9 Å². The highest BCUT2D eigenvalue weighted by Gasteiger charge is 2.33. The molecule has 9 heteroatoms. The van der Waals surface area contributed by atoms with Gasteiger partial charge in [0.25, 0.3) is 0 Å². The first kappa shape index (κ1) is 35.8. The molecule has 2 aromatic carbocycles. The molecule has 238 valence electrons. The number of nitrogens with one attached hydrogen (secondary N) is 3. The maximum Gasteiger partial charge on any atom is 0.407 e. The van der Waals surface area contributed by atoms with Gasteiger partial charge in [-0.15, -0.1) is 0 Å². The molecule has 0 aliphatic heterocycles. The standard InChI is InChI=1S/C34H52N4O5/c1-8-24(2)30(32(41)35-19-20-38(6)7)37-31(40)27(21-25-15-11-9-12-16-25)23-29(39)28(22-26-17-13-10-14-18-26)36-33(42)43-34(3,4)5/h9-18,24,27-30,39H,8,19-23H2,1-7H3,(H,35,41)(H,36,42)(H,37,40)/t24-,27+,28-,29-,30-/m0/s1. The Bertz CT molecular complexity index is 1120. The van der Waals surface area contributed by atoms with Gasteiger partial charge in [-0.05, 0) is 71.2 Å². The Kier molecular flexibility index (Phi) is 14.7. The van der Waals surface area contributed by atoms with Crippen molar-refractivity contribution in [2.45, 2.75) is 84.1 Å². The molecular weight excluding hydrogens is 544 g/mol. The van der Waals surface area contributed by atoms with Crippen molar-refractivity contribution in [1.29, 1.82) is 0 Å². The SMILES string of the molecule is CC[C@H](C)[C@H](NC(=O)[C@H](Cc1ccccc1)C[C@H](O)[C@H](Cc1ccccc1)NC(=O)OC(C)(C)C)C(=O)NCCN(C)C. The molecule has 5 atom stereocenters. The number of ether oxygens (including phenoxy) is 1. The molecule has 0 heterocycles. The van der Waals surface area contributed by atoms with E-state index in [4.69, 9.17) is 4.74 Å². The highest BCUT2D eigenvalue weighted by Crippen LogP contribution is 2.20. The zero-order valence-electron chi connectivity index (χ0n) is 26.9. The van der Waals surface area contributed by atoms with Crippen molar-refractivity contribution in [2.24, 2.45) is 11.8 Å². The second kappa shape index (κ2) is 17.6. The summed E-state index contributed by atoms with van der Waals surface area (Å²) in [5.74, 6) is -1.29. The van der Waals surface area contributed by atoms with Gasteiger partial charge in [-0.1, -0.05) is 80.9 Å². The number of hydrogen-bond acceptors (Lipinski definition) is 6. The van der Waals surface area contributed by atoms with Gasteiger partial charge in [-0.25, -0.2) is 4.79 Å². The highest BCUT2D eigenvalue weighted by atomic mass is 16.6. The lowest BCUT2D eigenvalue weighted by Gasteiger charge is -2.30. The van der Waals surface area contributed by atoms with Crippen LogP contribution in [0.25, 0.3) is 0 Å². The van der Waals surface area contributed by atoms with Crippen LogP contribution in [0.15, 0.2) is 60.7 Å². The number of likely N-dealkylation sites (N-methyl/N-ethyl adjacent to an activating group) is 1. The summed E-state index contributed by atoms with van der Waals surface area (Å²) in [5, 5.41) is 20.3.